The van der Waals surface area contributed by atoms with E-state index in [0.29, 0.717) is 42.2 Å². The molecule has 5 rings (SSSR count). The minimum absolute atomic E-state index is 0.137. The van der Waals surface area contributed by atoms with E-state index in [1.807, 2.05) is 19.9 Å². The van der Waals surface area contributed by atoms with Crippen molar-refractivity contribution in [2.45, 2.75) is 44.4 Å². The maximum absolute atomic E-state index is 12.7. The second-order valence-corrected chi connectivity index (χ2v) is 10.6. The maximum atomic E-state index is 12.7. The zero-order valence-corrected chi connectivity index (χ0v) is 19.8. The summed E-state index contributed by atoms with van der Waals surface area (Å²) in [6, 6.07) is 8.37. The Morgan fingerprint density at radius 2 is 1.97 bits per heavy atom. The number of hydrogen-bond donors (Lipinski definition) is 2. The Kier molecular flexibility index (Phi) is 5.39. The van der Waals surface area contributed by atoms with Gasteiger partial charge in [0.1, 0.15) is 11.8 Å². The number of ether oxygens (including phenoxy) is 1. The predicted octanol–water partition coefficient (Wildman–Crippen LogP) is 2.75. The van der Waals surface area contributed by atoms with E-state index in [9.17, 15) is 13.2 Å². The molecular weight excluding hydrogens is 458 g/mol. The molecule has 1 atom stereocenters. The van der Waals surface area contributed by atoms with Gasteiger partial charge in [-0.3, -0.25) is 14.5 Å². The highest BCUT2D eigenvalue weighted by molar-refractivity contribution is 7.93. The number of hydrazone groups is 1. The number of amides is 1. The fraction of sp³-hybridized carbons (Fsp3) is 0.364. The largest absolute Gasteiger partial charge is 0.438 e. The second-order valence-electron chi connectivity index (χ2n) is 8.64. The van der Waals surface area contributed by atoms with Crippen molar-refractivity contribution in [2.75, 3.05) is 17.1 Å². The van der Waals surface area contributed by atoms with E-state index in [1.54, 1.807) is 36.3 Å². The number of nitrogens with one attached hydrogen (secondary N) is 2. The molecule has 2 aliphatic rings. The van der Waals surface area contributed by atoms with Crippen molar-refractivity contribution in [3.05, 3.63) is 42.1 Å². The Morgan fingerprint density at radius 3 is 2.68 bits per heavy atom. The first kappa shape index (κ1) is 22.1. The number of sulfonamides is 1. The average molecular weight is 484 g/mol. The highest BCUT2D eigenvalue weighted by Gasteiger charge is 2.36. The number of carbonyl (C=O) groups is 1. The molecule has 1 amide bonds. The molecular formula is C22H25N7O4S. The molecule has 34 heavy (non-hydrogen) atoms. The van der Waals surface area contributed by atoms with Crippen LogP contribution in [0.5, 0.6) is 11.6 Å². The van der Waals surface area contributed by atoms with Crippen LogP contribution in [0.15, 0.2) is 41.6 Å². The smallest absolute Gasteiger partial charge is 0.249 e. The van der Waals surface area contributed by atoms with Crippen molar-refractivity contribution in [1.82, 2.24) is 19.6 Å². The summed E-state index contributed by atoms with van der Waals surface area (Å²) < 4.78 is 34.2. The first-order chi connectivity index (χ1) is 16.2. The molecule has 0 spiro atoms. The van der Waals surface area contributed by atoms with Crippen LogP contribution >= 0.6 is 0 Å². The summed E-state index contributed by atoms with van der Waals surface area (Å²) in [5.74, 6) is 0.868. The molecule has 1 aromatic carbocycles. The third kappa shape index (κ3) is 4.53. The molecule has 1 fully saturated rings. The quantitative estimate of drug-likeness (QED) is 0.528. The molecule has 1 aliphatic carbocycles. The van der Waals surface area contributed by atoms with Crippen molar-refractivity contribution in [2.24, 2.45) is 5.10 Å². The number of aryl methyl sites for hydroxylation is 1. The van der Waals surface area contributed by atoms with Crippen LogP contribution in [0.25, 0.3) is 5.65 Å². The van der Waals surface area contributed by atoms with Gasteiger partial charge in [0.05, 0.1) is 11.4 Å². The van der Waals surface area contributed by atoms with E-state index >= 15 is 0 Å². The van der Waals surface area contributed by atoms with Gasteiger partial charge >= 0.3 is 0 Å². The number of hydrogen-bond acceptors (Lipinski definition) is 8. The zero-order valence-electron chi connectivity index (χ0n) is 19.0. The molecule has 0 bridgehead atoms. The molecule has 1 unspecified atom stereocenters. The van der Waals surface area contributed by atoms with E-state index in [2.05, 4.69) is 25.2 Å². The lowest BCUT2D eigenvalue weighted by molar-refractivity contribution is -0.120. The molecule has 3 aromatic rings. The Balaban J connectivity index is 1.31. The number of carbonyl (C=O) groups excluding carboxylic acids is 1. The molecule has 11 nitrogen and oxygen atoms in total. The Morgan fingerprint density at radius 1 is 1.18 bits per heavy atom. The second kappa shape index (κ2) is 8.28. The van der Waals surface area contributed by atoms with Gasteiger partial charge in [-0.15, -0.1) is 5.10 Å². The SMILES string of the molecule is CC1=NN(C)C(C(=O)Nc2cc(Oc3ccc4nc(NS(=O)(=O)C5CC5)cn4n3)ccc2C)C1. The first-order valence-electron chi connectivity index (χ1n) is 10.9. The molecule has 12 heteroatoms. The lowest BCUT2D eigenvalue weighted by atomic mass is 10.1. The Labute approximate surface area is 196 Å². The topological polar surface area (TPSA) is 130 Å². The fourth-order valence-electron chi connectivity index (χ4n) is 3.77. The number of imidazole rings is 1. The van der Waals surface area contributed by atoms with Crippen LogP contribution in [0.1, 0.15) is 31.7 Å². The van der Waals surface area contributed by atoms with Gasteiger partial charge < -0.3 is 10.1 Å². The van der Waals surface area contributed by atoms with E-state index < -0.39 is 10.0 Å². The van der Waals surface area contributed by atoms with Gasteiger partial charge in [0.25, 0.3) is 0 Å². The molecule has 2 aromatic heterocycles. The van der Waals surface area contributed by atoms with Gasteiger partial charge in [0.15, 0.2) is 11.5 Å². The van der Waals surface area contributed by atoms with Gasteiger partial charge in [0, 0.05) is 37.0 Å². The van der Waals surface area contributed by atoms with Crippen LogP contribution in [-0.2, 0) is 14.8 Å². The molecule has 178 valence electrons. The lowest BCUT2D eigenvalue weighted by Gasteiger charge is -2.19. The highest BCUT2D eigenvalue weighted by Crippen LogP contribution is 2.30. The molecule has 3 heterocycles. The number of nitrogens with zero attached hydrogens (tertiary/aromatic N) is 5. The van der Waals surface area contributed by atoms with Crippen LogP contribution in [0.4, 0.5) is 11.5 Å². The summed E-state index contributed by atoms with van der Waals surface area (Å²) in [5, 5.41) is 13.0. The summed E-state index contributed by atoms with van der Waals surface area (Å²) in [4.78, 5) is 17.0. The van der Waals surface area contributed by atoms with Crippen molar-refractivity contribution in [3.8, 4) is 11.6 Å². The average Bonchev–Trinajstić information content (AvgIpc) is 3.48. The van der Waals surface area contributed by atoms with Gasteiger partial charge in [0.2, 0.25) is 21.8 Å². The van der Waals surface area contributed by atoms with Crippen molar-refractivity contribution in [3.63, 3.8) is 0 Å². The normalized spacial score (nSPS) is 18.1. The summed E-state index contributed by atoms with van der Waals surface area (Å²) in [6.07, 6.45) is 3.43. The summed E-state index contributed by atoms with van der Waals surface area (Å²) in [5.41, 5.74) is 2.93. The highest BCUT2D eigenvalue weighted by atomic mass is 32.2. The maximum Gasteiger partial charge on any atom is 0.249 e. The molecule has 0 saturated heterocycles. The minimum Gasteiger partial charge on any atom is -0.438 e. The Hall–Kier alpha value is -3.67. The molecule has 2 N–H and O–H groups in total. The number of fused-ring (bicyclic) bond motifs is 1. The van der Waals surface area contributed by atoms with Crippen LogP contribution < -0.4 is 14.8 Å². The summed E-state index contributed by atoms with van der Waals surface area (Å²) in [6.45, 7) is 3.80. The van der Waals surface area contributed by atoms with Crippen LogP contribution in [0.3, 0.4) is 0 Å². The Bertz CT molecular complexity index is 1410. The minimum atomic E-state index is -3.41. The van der Waals surface area contributed by atoms with Gasteiger partial charge in [-0.1, -0.05) is 6.07 Å². The standard InChI is InChI=1S/C22H25N7O4S/c1-13-4-5-15(11-17(13)23-22(30)18-10-14(2)25-28(18)3)33-21-9-8-20-24-19(12-29(20)26-21)27-34(31,32)16-6-7-16/h4-5,8-9,11-12,16,18,27H,6-7,10H2,1-3H3,(H,23,30). The molecule has 0 radical (unpaired) electrons. The summed E-state index contributed by atoms with van der Waals surface area (Å²) in [7, 11) is -1.62. The van der Waals surface area contributed by atoms with E-state index in [4.69, 9.17) is 4.74 Å². The zero-order chi connectivity index (χ0) is 24.0. The molecule has 1 saturated carbocycles. The number of likely N-dealkylation sites (N-methyl/N-ethyl adjacent to an activating group) is 1. The molecule has 1 aliphatic heterocycles. The van der Waals surface area contributed by atoms with Gasteiger partial charge in [-0.2, -0.15) is 5.10 Å². The van der Waals surface area contributed by atoms with Crippen molar-refractivity contribution >= 4 is 38.8 Å². The van der Waals surface area contributed by atoms with Crippen molar-refractivity contribution < 1.29 is 17.9 Å². The van der Waals surface area contributed by atoms with E-state index in [1.165, 1.54) is 10.7 Å². The number of anilines is 2. The third-order valence-corrected chi connectivity index (χ3v) is 7.61. The van der Waals surface area contributed by atoms with Gasteiger partial charge in [-0.05, 0) is 44.4 Å². The van der Waals surface area contributed by atoms with Gasteiger partial charge in [-0.25, -0.2) is 17.9 Å². The van der Waals surface area contributed by atoms with Crippen LogP contribution in [0, 0.1) is 6.92 Å². The number of rotatable bonds is 7. The summed E-state index contributed by atoms with van der Waals surface area (Å²) >= 11 is 0. The third-order valence-electron chi connectivity index (χ3n) is 5.77. The lowest BCUT2D eigenvalue weighted by Crippen LogP contribution is -2.36. The predicted molar refractivity (Wildman–Crippen MR) is 128 cm³/mol. The fourth-order valence-corrected chi connectivity index (χ4v) is 5.08. The van der Waals surface area contributed by atoms with E-state index in [-0.39, 0.29) is 23.0 Å². The first-order valence-corrected chi connectivity index (χ1v) is 12.5. The van der Waals surface area contributed by atoms with Crippen molar-refractivity contribution in [1.29, 1.82) is 0 Å². The van der Waals surface area contributed by atoms with E-state index in [0.717, 1.165) is 11.3 Å². The van der Waals surface area contributed by atoms with Crippen LogP contribution in [-0.4, -0.2) is 58.0 Å². The van der Waals surface area contributed by atoms with Crippen LogP contribution in [0.2, 0.25) is 0 Å². The number of benzene rings is 1. The number of aromatic nitrogens is 3. The monoisotopic (exact) mass is 483 g/mol.